The summed E-state index contributed by atoms with van der Waals surface area (Å²) in [6, 6.07) is 0.837. The van der Waals surface area contributed by atoms with Crippen molar-refractivity contribution in [2.75, 3.05) is 7.11 Å². The van der Waals surface area contributed by atoms with Crippen LogP contribution in [0.2, 0.25) is 0 Å². The number of aliphatic carboxylic acids is 1. The van der Waals surface area contributed by atoms with Crippen LogP contribution in [0, 0.1) is 0 Å². The van der Waals surface area contributed by atoms with Gasteiger partial charge in [0, 0.05) is 6.04 Å². The SMILES string of the molecule is COc1cc(C(=O)NC(C)CC(=O)O)on1. The molecule has 7 nitrogen and oxygen atoms in total. The second kappa shape index (κ2) is 5.15. The van der Waals surface area contributed by atoms with Crippen LogP contribution in [0.25, 0.3) is 0 Å². The molecule has 1 rings (SSSR count). The van der Waals surface area contributed by atoms with Crippen LogP contribution in [-0.4, -0.2) is 35.3 Å². The zero-order valence-corrected chi connectivity index (χ0v) is 8.89. The van der Waals surface area contributed by atoms with E-state index in [1.54, 1.807) is 6.92 Å². The van der Waals surface area contributed by atoms with Crippen molar-refractivity contribution in [1.82, 2.24) is 10.5 Å². The van der Waals surface area contributed by atoms with E-state index in [0.29, 0.717) is 0 Å². The summed E-state index contributed by atoms with van der Waals surface area (Å²) in [7, 11) is 1.40. The summed E-state index contributed by atoms with van der Waals surface area (Å²) in [6.45, 7) is 1.58. The lowest BCUT2D eigenvalue weighted by atomic mass is 10.2. The molecule has 0 aliphatic carbocycles. The van der Waals surface area contributed by atoms with Crippen LogP contribution in [0.3, 0.4) is 0 Å². The Hall–Kier alpha value is -2.05. The summed E-state index contributed by atoms with van der Waals surface area (Å²) in [5.41, 5.74) is 0. The number of ether oxygens (including phenoxy) is 1. The molecule has 7 heteroatoms. The van der Waals surface area contributed by atoms with Crippen molar-refractivity contribution in [2.45, 2.75) is 19.4 Å². The molecule has 0 bridgehead atoms. The van der Waals surface area contributed by atoms with Gasteiger partial charge in [-0.25, -0.2) is 0 Å². The highest BCUT2D eigenvalue weighted by atomic mass is 16.5. The van der Waals surface area contributed by atoms with Gasteiger partial charge in [0.25, 0.3) is 11.8 Å². The van der Waals surface area contributed by atoms with Crippen LogP contribution in [-0.2, 0) is 4.79 Å². The zero-order valence-electron chi connectivity index (χ0n) is 8.89. The Balaban J connectivity index is 2.54. The van der Waals surface area contributed by atoms with Gasteiger partial charge in [0.1, 0.15) is 0 Å². The maximum absolute atomic E-state index is 11.5. The zero-order chi connectivity index (χ0) is 12.1. The first-order chi connectivity index (χ1) is 7.52. The third-order valence-electron chi connectivity index (χ3n) is 1.78. The number of nitrogens with zero attached hydrogens (tertiary/aromatic N) is 1. The van der Waals surface area contributed by atoms with Gasteiger partial charge in [-0.15, -0.1) is 0 Å². The van der Waals surface area contributed by atoms with Crippen molar-refractivity contribution in [3.05, 3.63) is 11.8 Å². The van der Waals surface area contributed by atoms with Crippen LogP contribution < -0.4 is 10.1 Å². The summed E-state index contributed by atoms with van der Waals surface area (Å²) in [6.07, 6.45) is -0.156. The monoisotopic (exact) mass is 228 g/mol. The van der Waals surface area contributed by atoms with Crippen LogP contribution in [0.4, 0.5) is 0 Å². The van der Waals surface area contributed by atoms with Gasteiger partial charge in [-0.3, -0.25) is 9.59 Å². The minimum Gasteiger partial charge on any atom is -0.481 e. The summed E-state index contributed by atoms with van der Waals surface area (Å²) in [4.78, 5) is 21.8. The van der Waals surface area contributed by atoms with Crippen LogP contribution in [0.1, 0.15) is 23.9 Å². The molecule has 1 aromatic heterocycles. The summed E-state index contributed by atoms with van der Waals surface area (Å²) in [5.74, 6) is -1.34. The Labute approximate surface area is 91.4 Å². The van der Waals surface area contributed by atoms with Gasteiger partial charge in [0.2, 0.25) is 5.76 Å². The molecule has 16 heavy (non-hydrogen) atoms. The average Bonchev–Trinajstić information content (AvgIpc) is 2.64. The number of aromatic nitrogens is 1. The van der Waals surface area contributed by atoms with Gasteiger partial charge in [-0.2, -0.15) is 0 Å². The number of rotatable bonds is 5. The van der Waals surface area contributed by atoms with E-state index in [1.165, 1.54) is 13.2 Å². The van der Waals surface area contributed by atoms with Gasteiger partial charge in [0.15, 0.2) is 0 Å². The van der Waals surface area contributed by atoms with E-state index in [9.17, 15) is 9.59 Å². The molecule has 0 spiro atoms. The minimum atomic E-state index is -0.983. The molecule has 88 valence electrons. The van der Waals surface area contributed by atoms with Gasteiger partial charge in [-0.1, -0.05) is 0 Å². The van der Waals surface area contributed by atoms with Crippen molar-refractivity contribution in [3.63, 3.8) is 0 Å². The third-order valence-corrected chi connectivity index (χ3v) is 1.78. The van der Waals surface area contributed by atoms with Crippen LogP contribution in [0.15, 0.2) is 10.6 Å². The van der Waals surface area contributed by atoms with E-state index in [0.717, 1.165) is 0 Å². The van der Waals surface area contributed by atoms with Crippen molar-refractivity contribution in [1.29, 1.82) is 0 Å². The molecule has 0 aromatic carbocycles. The van der Waals surface area contributed by atoms with E-state index >= 15 is 0 Å². The Morgan fingerprint density at radius 2 is 2.38 bits per heavy atom. The summed E-state index contributed by atoms with van der Waals surface area (Å²) >= 11 is 0. The number of nitrogens with one attached hydrogen (secondary N) is 1. The van der Waals surface area contributed by atoms with Gasteiger partial charge < -0.3 is 19.7 Å². The molecule has 0 fully saturated rings. The fourth-order valence-electron chi connectivity index (χ4n) is 1.07. The van der Waals surface area contributed by atoms with Crippen LogP contribution in [0.5, 0.6) is 5.88 Å². The highest BCUT2D eigenvalue weighted by Gasteiger charge is 2.16. The maximum Gasteiger partial charge on any atom is 0.305 e. The molecule has 2 N–H and O–H groups in total. The fraction of sp³-hybridized carbons (Fsp3) is 0.444. The van der Waals surface area contributed by atoms with E-state index in [-0.39, 0.29) is 18.1 Å². The first-order valence-corrected chi connectivity index (χ1v) is 4.56. The summed E-state index contributed by atoms with van der Waals surface area (Å²) in [5, 5.41) is 14.4. The Bertz CT molecular complexity index is 387. The number of carboxylic acids is 1. The Kier molecular flexibility index (Phi) is 3.87. The molecule has 1 amide bonds. The molecule has 0 aliphatic heterocycles. The number of carboxylic acid groups (broad SMARTS) is 1. The lowest BCUT2D eigenvalue weighted by Gasteiger charge is -2.08. The third kappa shape index (κ3) is 3.26. The van der Waals surface area contributed by atoms with Crippen molar-refractivity contribution in [3.8, 4) is 5.88 Å². The average molecular weight is 228 g/mol. The molecular formula is C9H12N2O5. The van der Waals surface area contributed by atoms with E-state index < -0.39 is 17.9 Å². The van der Waals surface area contributed by atoms with Gasteiger partial charge in [-0.05, 0) is 12.1 Å². The first-order valence-electron chi connectivity index (χ1n) is 4.56. The lowest BCUT2D eigenvalue weighted by Crippen LogP contribution is -2.33. The van der Waals surface area contributed by atoms with Crippen molar-refractivity contribution >= 4 is 11.9 Å². The van der Waals surface area contributed by atoms with Gasteiger partial charge in [0.05, 0.1) is 19.6 Å². The van der Waals surface area contributed by atoms with Crippen molar-refractivity contribution < 1.29 is 24.0 Å². The second-order valence-electron chi connectivity index (χ2n) is 3.21. The van der Waals surface area contributed by atoms with E-state index in [2.05, 4.69) is 15.0 Å². The number of hydrogen-bond donors (Lipinski definition) is 2. The normalized spacial score (nSPS) is 11.9. The Morgan fingerprint density at radius 1 is 1.69 bits per heavy atom. The summed E-state index contributed by atoms with van der Waals surface area (Å²) < 4.78 is 9.42. The first kappa shape index (κ1) is 12.0. The van der Waals surface area contributed by atoms with E-state index in [4.69, 9.17) is 9.84 Å². The molecule has 0 saturated carbocycles. The smallest absolute Gasteiger partial charge is 0.305 e. The molecule has 0 saturated heterocycles. The van der Waals surface area contributed by atoms with Crippen LogP contribution >= 0.6 is 0 Å². The van der Waals surface area contributed by atoms with Crippen molar-refractivity contribution in [2.24, 2.45) is 0 Å². The molecular weight excluding hydrogens is 216 g/mol. The predicted molar refractivity (Wildman–Crippen MR) is 52.2 cm³/mol. The number of methoxy groups -OCH3 is 1. The molecule has 1 unspecified atom stereocenters. The highest BCUT2D eigenvalue weighted by molar-refractivity contribution is 5.92. The molecule has 1 atom stereocenters. The number of amides is 1. The standard InChI is InChI=1S/C9H12N2O5/c1-5(3-8(12)13)10-9(14)6-4-7(15-2)11-16-6/h4-5H,3H2,1-2H3,(H,10,14)(H,12,13). The van der Waals surface area contributed by atoms with E-state index in [1.807, 2.05) is 0 Å². The lowest BCUT2D eigenvalue weighted by molar-refractivity contribution is -0.137. The Morgan fingerprint density at radius 3 is 2.88 bits per heavy atom. The molecule has 0 radical (unpaired) electrons. The maximum atomic E-state index is 11.5. The molecule has 1 aromatic rings. The number of carbonyl (C=O) groups is 2. The molecule has 1 heterocycles. The fourth-order valence-corrected chi connectivity index (χ4v) is 1.07. The minimum absolute atomic E-state index is 0.0194. The largest absolute Gasteiger partial charge is 0.481 e. The second-order valence-corrected chi connectivity index (χ2v) is 3.21. The highest BCUT2D eigenvalue weighted by Crippen LogP contribution is 2.10. The predicted octanol–water partition coefficient (Wildman–Crippen LogP) is 0.276. The number of carbonyl (C=O) groups excluding carboxylic acids is 1. The quantitative estimate of drug-likeness (QED) is 0.750. The topological polar surface area (TPSA) is 102 Å². The number of hydrogen-bond acceptors (Lipinski definition) is 5. The van der Waals surface area contributed by atoms with Gasteiger partial charge >= 0.3 is 5.97 Å². The molecule has 0 aliphatic rings.